The molecule has 26 heavy (non-hydrogen) atoms. The second-order valence-electron chi connectivity index (χ2n) is 6.41. The third-order valence-corrected chi connectivity index (χ3v) is 4.84. The van der Waals surface area contributed by atoms with E-state index in [0.717, 1.165) is 22.2 Å². The second-order valence-corrected chi connectivity index (χ2v) is 6.41. The van der Waals surface area contributed by atoms with E-state index in [1.165, 1.54) is 4.90 Å². The molecule has 3 aromatic rings. The van der Waals surface area contributed by atoms with E-state index in [4.69, 9.17) is 0 Å². The summed E-state index contributed by atoms with van der Waals surface area (Å²) in [7, 11) is 0. The van der Waals surface area contributed by atoms with Gasteiger partial charge >= 0.3 is 11.7 Å². The first-order valence-electron chi connectivity index (χ1n) is 8.37. The first-order chi connectivity index (χ1) is 12.5. The number of benzene rings is 2. The largest absolute Gasteiger partial charge is 0.480 e. The van der Waals surface area contributed by atoms with Crippen LogP contribution in [0, 0.1) is 0 Å². The molecule has 4 rings (SSSR count). The Balaban J connectivity index is 1.72. The zero-order valence-electron chi connectivity index (χ0n) is 14.1. The molecular weight excluding hydrogens is 334 g/mol. The van der Waals surface area contributed by atoms with Gasteiger partial charge in [-0.15, -0.1) is 0 Å². The van der Waals surface area contributed by atoms with Crippen LogP contribution in [0.15, 0.2) is 41.2 Å². The van der Waals surface area contributed by atoms with Crippen LogP contribution in [0.4, 0.5) is 0 Å². The fraction of sp³-hybridized carbons (Fsp3) is 0.211. The number of carbonyl (C=O) groups excluding carboxylic acids is 1. The van der Waals surface area contributed by atoms with Crippen molar-refractivity contribution in [1.82, 2.24) is 14.9 Å². The minimum atomic E-state index is -0.990. The van der Waals surface area contributed by atoms with Crippen molar-refractivity contribution in [2.45, 2.75) is 25.9 Å². The molecule has 0 unspecified atom stereocenters. The number of rotatable bonds is 4. The zero-order chi connectivity index (χ0) is 18.4. The fourth-order valence-electron chi connectivity index (χ4n) is 3.50. The summed E-state index contributed by atoms with van der Waals surface area (Å²) in [6.07, 6.45) is 0.361. The van der Waals surface area contributed by atoms with Gasteiger partial charge in [-0.05, 0) is 41.3 Å². The smallest absolute Gasteiger partial charge is 0.326 e. The Bertz CT molecular complexity index is 1100. The number of nitrogens with one attached hydrogen (secondary N) is 2. The van der Waals surface area contributed by atoms with Gasteiger partial charge in [0.05, 0.1) is 11.0 Å². The molecule has 1 aliphatic heterocycles. The molecule has 0 aliphatic carbocycles. The third kappa shape index (κ3) is 2.48. The van der Waals surface area contributed by atoms with Gasteiger partial charge in [-0.1, -0.05) is 25.1 Å². The molecule has 0 spiro atoms. The van der Waals surface area contributed by atoms with E-state index in [2.05, 4.69) is 9.97 Å². The van der Waals surface area contributed by atoms with Crippen LogP contribution < -0.4 is 5.69 Å². The monoisotopic (exact) mass is 351 g/mol. The number of carboxylic acid groups (broad SMARTS) is 1. The van der Waals surface area contributed by atoms with Gasteiger partial charge < -0.3 is 20.0 Å². The molecule has 132 valence electrons. The van der Waals surface area contributed by atoms with Crippen LogP contribution in [0.1, 0.15) is 29.3 Å². The van der Waals surface area contributed by atoms with E-state index in [-0.39, 0.29) is 11.6 Å². The number of amides is 1. The molecule has 7 nitrogen and oxygen atoms in total. The summed E-state index contributed by atoms with van der Waals surface area (Å²) >= 11 is 0. The summed E-state index contributed by atoms with van der Waals surface area (Å²) in [5.74, 6) is -1.25. The van der Waals surface area contributed by atoms with Crippen LogP contribution in [0.2, 0.25) is 0 Å². The van der Waals surface area contributed by atoms with Gasteiger partial charge in [0.1, 0.15) is 6.04 Å². The van der Waals surface area contributed by atoms with Crippen molar-refractivity contribution in [3.63, 3.8) is 0 Å². The number of imidazole rings is 1. The van der Waals surface area contributed by atoms with Gasteiger partial charge in [0, 0.05) is 12.1 Å². The predicted octanol–water partition coefficient (Wildman–Crippen LogP) is 2.34. The molecule has 0 bridgehead atoms. The lowest BCUT2D eigenvalue weighted by Crippen LogP contribution is -2.40. The molecule has 0 fully saturated rings. The summed E-state index contributed by atoms with van der Waals surface area (Å²) in [6, 6.07) is 10.3. The van der Waals surface area contributed by atoms with Crippen LogP contribution in [-0.2, 0) is 11.3 Å². The highest BCUT2D eigenvalue weighted by molar-refractivity contribution is 6.01. The lowest BCUT2D eigenvalue weighted by atomic mass is 10.00. The van der Waals surface area contributed by atoms with Crippen LogP contribution >= 0.6 is 0 Å². The van der Waals surface area contributed by atoms with Gasteiger partial charge in [-0.25, -0.2) is 9.59 Å². The zero-order valence-corrected chi connectivity index (χ0v) is 14.1. The Morgan fingerprint density at radius 1 is 1.12 bits per heavy atom. The topological polar surface area (TPSA) is 106 Å². The van der Waals surface area contributed by atoms with Crippen LogP contribution in [-0.4, -0.2) is 37.9 Å². The Labute approximate surface area is 148 Å². The molecule has 2 heterocycles. The van der Waals surface area contributed by atoms with Gasteiger partial charge in [-0.2, -0.15) is 0 Å². The quantitative estimate of drug-likeness (QED) is 0.671. The maximum atomic E-state index is 12.7. The van der Waals surface area contributed by atoms with Crippen molar-refractivity contribution < 1.29 is 14.7 Å². The molecule has 7 heteroatoms. The highest BCUT2D eigenvalue weighted by atomic mass is 16.4. The molecule has 1 amide bonds. The van der Waals surface area contributed by atoms with Gasteiger partial charge in [0.2, 0.25) is 0 Å². The maximum Gasteiger partial charge on any atom is 0.326 e. The van der Waals surface area contributed by atoms with Gasteiger partial charge in [-0.3, -0.25) is 4.79 Å². The number of H-pyrrole nitrogens is 2. The minimum absolute atomic E-state index is 0.257. The van der Waals surface area contributed by atoms with Crippen molar-refractivity contribution in [3.05, 3.63) is 58.0 Å². The molecule has 1 atom stereocenters. The SMILES string of the molecule is CC[C@@H](C(=O)O)N1Cc2ccc(-c3ccc4[nH]c(=O)[nH]c4c3)cc2C1=O. The second kappa shape index (κ2) is 5.87. The molecule has 2 aromatic carbocycles. The highest BCUT2D eigenvalue weighted by Crippen LogP contribution is 2.31. The molecular formula is C19H17N3O4. The number of hydrogen-bond acceptors (Lipinski definition) is 3. The number of carboxylic acids is 1. The minimum Gasteiger partial charge on any atom is -0.480 e. The van der Waals surface area contributed by atoms with E-state index in [1.807, 2.05) is 30.3 Å². The van der Waals surface area contributed by atoms with E-state index in [0.29, 0.717) is 24.0 Å². The van der Waals surface area contributed by atoms with E-state index >= 15 is 0 Å². The number of aliphatic carboxylic acids is 1. The summed E-state index contributed by atoms with van der Waals surface area (Å²) < 4.78 is 0. The normalized spacial score (nSPS) is 14.7. The van der Waals surface area contributed by atoms with Crippen LogP contribution in [0.25, 0.3) is 22.2 Å². The predicted molar refractivity (Wildman–Crippen MR) is 95.9 cm³/mol. The Morgan fingerprint density at radius 3 is 2.54 bits per heavy atom. The van der Waals surface area contributed by atoms with Crippen molar-refractivity contribution in [2.24, 2.45) is 0 Å². The van der Waals surface area contributed by atoms with E-state index in [1.54, 1.807) is 13.0 Å². The van der Waals surface area contributed by atoms with Crippen molar-refractivity contribution in [2.75, 3.05) is 0 Å². The molecule has 1 aromatic heterocycles. The third-order valence-electron chi connectivity index (χ3n) is 4.84. The average molecular weight is 351 g/mol. The Morgan fingerprint density at radius 2 is 1.81 bits per heavy atom. The molecule has 0 radical (unpaired) electrons. The number of carbonyl (C=O) groups is 2. The number of aromatic amines is 2. The molecule has 3 N–H and O–H groups in total. The Hall–Kier alpha value is -3.35. The number of hydrogen-bond donors (Lipinski definition) is 3. The standard InChI is InChI=1S/C19H17N3O4/c1-2-16(18(24)25)22-9-12-4-3-10(7-13(12)17(22)23)11-5-6-14-15(8-11)21-19(26)20-14/h3-8,16H,2,9H2,1H3,(H,24,25)(H2,20,21,26)/t16-/m0/s1. The summed E-state index contributed by atoms with van der Waals surface area (Å²) in [5.41, 5.74) is 4.21. The van der Waals surface area contributed by atoms with E-state index < -0.39 is 12.0 Å². The van der Waals surface area contributed by atoms with Gasteiger partial charge in [0.15, 0.2) is 0 Å². The van der Waals surface area contributed by atoms with Crippen molar-refractivity contribution >= 4 is 22.9 Å². The molecule has 0 saturated heterocycles. The highest BCUT2D eigenvalue weighted by Gasteiger charge is 2.35. The van der Waals surface area contributed by atoms with Crippen LogP contribution in [0.3, 0.4) is 0 Å². The first kappa shape index (κ1) is 16.1. The lowest BCUT2D eigenvalue weighted by Gasteiger charge is -2.22. The van der Waals surface area contributed by atoms with Crippen molar-refractivity contribution in [3.8, 4) is 11.1 Å². The molecule has 1 aliphatic rings. The molecule has 0 saturated carbocycles. The van der Waals surface area contributed by atoms with Gasteiger partial charge in [0.25, 0.3) is 5.91 Å². The maximum absolute atomic E-state index is 12.7. The van der Waals surface area contributed by atoms with E-state index in [9.17, 15) is 19.5 Å². The number of aromatic nitrogens is 2. The summed E-state index contributed by atoms with van der Waals surface area (Å²) in [5, 5.41) is 9.34. The average Bonchev–Trinajstić information content (AvgIpc) is 3.14. The fourth-order valence-corrected chi connectivity index (χ4v) is 3.50. The number of fused-ring (bicyclic) bond motifs is 2. The Kier molecular flexibility index (Phi) is 3.64. The van der Waals surface area contributed by atoms with Crippen LogP contribution in [0.5, 0.6) is 0 Å². The van der Waals surface area contributed by atoms with Crippen molar-refractivity contribution in [1.29, 1.82) is 0 Å². The summed E-state index contributed by atoms with van der Waals surface area (Å²) in [4.78, 5) is 42.3. The lowest BCUT2D eigenvalue weighted by molar-refractivity contribution is -0.142. The summed E-state index contributed by atoms with van der Waals surface area (Å²) in [6.45, 7) is 2.07. The first-order valence-corrected chi connectivity index (χ1v) is 8.37. The number of nitrogens with zero attached hydrogens (tertiary/aromatic N) is 1.